The number of aromatic nitrogens is 1. The van der Waals surface area contributed by atoms with Gasteiger partial charge in [0.05, 0.1) is 0 Å². The lowest BCUT2D eigenvalue weighted by Gasteiger charge is -2.25. The molecule has 4 rings (SSSR count). The van der Waals surface area contributed by atoms with Crippen molar-refractivity contribution in [1.82, 2.24) is 10.3 Å². The maximum Gasteiger partial charge on any atom is 0.326 e. The molecule has 0 aliphatic heterocycles. The van der Waals surface area contributed by atoms with E-state index >= 15 is 0 Å². The van der Waals surface area contributed by atoms with Crippen molar-refractivity contribution in [2.75, 3.05) is 0 Å². The summed E-state index contributed by atoms with van der Waals surface area (Å²) in [6.07, 6.45) is 2.33. The van der Waals surface area contributed by atoms with Crippen molar-refractivity contribution in [2.24, 2.45) is 0 Å². The largest absolute Gasteiger partial charge is 0.480 e. The molecule has 3 N–H and O–H groups in total. The van der Waals surface area contributed by atoms with Crippen LogP contribution < -0.4 is 5.32 Å². The number of carbonyl (C=O) groups excluding carboxylic acids is 1. The molecule has 0 fully saturated rings. The molecule has 1 aromatic heterocycles. The first-order valence-corrected chi connectivity index (χ1v) is 9.82. The Kier molecular flexibility index (Phi) is 5.61. The van der Waals surface area contributed by atoms with Crippen LogP contribution in [0.3, 0.4) is 0 Å². The molecule has 30 heavy (non-hydrogen) atoms. The quantitative estimate of drug-likeness (QED) is 0.432. The highest BCUT2D eigenvalue weighted by Crippen LogP contribution is 2.31. The summed E-state index contributed by atoms with van der Waals surface area (Å²) in [5, 5.41) is 13.8. The first kappa shape index (κ1) is 19.5. The van der Waals surface area contributed by atoms with Gasteiger partial charge in [0.25, 0.3) is 5.91 Å². The summed E-state index contributed by atoms with van der Waals surface area (Å²) >= 11 is 0. The predicted molar refractivity (Wildman–Crippen MR) is 117 cm³/mol. The molecule has 5 heteroatoms. The minimum Gasteiger partial charge on any atom is -0.480 e. The van der Waals surface area contributed by atoms with Crippen molar-refractivity contribution in [3.05, 3.63) is 108 Å². The molecular formula is C25H22N2O3. The number of para-hydroxylation sites is 1. The number of hydrogen-bond acceptors (Lipinski definition) is 2. The van der Waals surface area contributed by atoms with Crippen LogP contribution in [0.15, 0.2) is 91.1 Å². The molecule has 3 aromatic carbocycles. The van der Waals surface area contributed by atoms with E-state index in [-0.39, 0.29) is 0 Å². The Bertz CT molecular complexity index is 1150. The summed E-state index contributed by atoms with van der Waals surface area (Å²) in [6.45, 7) is 0. The fourth-order valence-corrected chi connectivity index (χ4v) is 3.82. The van der Waals surface area contributed by atoms with Crippen LogP contribution in [0, 0.1) is 0 Å². The predicted octanol–water partition coefficient (Wildman–Crippen LogP) is 4.38. The molecule has 0 saturated heterocycles. The molecular weight excluding hydrogens is 376 g/mol. The van der Waals surface area contributed by atoms with Crippen molar-refractivity contribution >= 4 is 22.8 Å². The number of carboxylic acids is 1. The summed E-state index contributed by atoms with van der Waals surface area (Å²) in [7, 11) is 0. The zero-order valence-corrected chi connectivity index (χ0v) is 16.3. The minimum atomic E-state index is -1.09. The molecule has 0 aliphatic rings. The van der Waals surface area contributed by atoms with Gasteiger partial charge >= 0.3 is 5.97 Å². The second kappa shape index (κ2) is 8.66. The van der Waals surface area contributed by atoms with Crippen molar-refractivity contribution in [3.8, 4) is 0 Å². The fraction of sp³-hybridized carbons (Fsp3) is 0.120. The van der Waals surface area contributed by atoms with Crippen molar-refractivity contribution in [3.63, 3.8) is 0 Å². The van der Waals surface area contributed by atoms with Gasteiger partial charge in [0, 0.05) is 28.6 Å². The van der Waals surface area contributed by atoms with Crippen molar-refractivity contribution in [1.29, 1.82) is 0 Å². The topological polar surface area (TPSA) is 82.2 Å². The highest BCUT2D eigenvalue weighted by molar-refractivity contribution is 5.97. The van der Waals surface area contributed by atoms with E-state index in [0.717, 1.165) is 22.0 Å². The van der Waals surface area contributed by atoms with Crippen molar-refractivity contribution < 1.29 is 14.7 Å². The lowest BCUT2D eigenvalue weighted by Crippen LogP contribution is -2.45. The van der Waals surface area contributed by atoms with Crippen LogP contribution in [0.4, 0.5) is 0 Å². The van der Waals surface area contributed by atoms with Crippen LogP contribution in [-0.4, -0.2) is 28.0 Å². The molecule has 4 aromatic rings. The molecule has 2 unspecified atom stereocenters. The number of carbonyl (C=O) groups is 2. The standard InChI is InChI=1S/C25H22N2O3/c28-24(18-11-5-2-6-12-18)27-23(25(29)30)20(15-17-9-3-1-4-10-17)21-16-26-22-14-8-7-13-19(21)22/h1-14,16,20,23,26H,15H2,(H,27,28)(H,29,30). The van der Waals surface area contributed by atoms with Gasteiger partial charge in [0.15, 0.2) is 0 Å². The molecule has 1 heterocycles. The van der Waals surface area contributed by atoms with Crippen LogP contribution in [-0.2, 0) is 11.2 Å². The number of aromatic amines is 1. The van der Waals surface area contributed by atoms with E-state index in [1.807, 2.05) is 66.9 Å². The maximum atomic E-state index is 12.8. The van der Waals surface area contributed by atoms with E-state index in [2.05, 4.69) is 10.3 Å². The summed E-state index contributed by atoms with van der Waals surface area (Å²) in [4.78, 5) is 28.3. The number of H-pyrrole nitrogens is 1. The van der Waals surface area contributed by atoms with E-state index in [0.29, 0.717) is 12.0 Å². The zero-order valence-electron chi connectivity index (χ0n) is 16.3. The minimum absolute atomic E-state index is 0.402. The molecule has 0 aliphatic carbocycles. The van der Waals surface area contributed by atoms with Gasteiger partial charge in [0.1, 0.15) is 6.04 Å². The fourth-order valence-electron chi connectivity index (χ4n) is 3.82. The number of hydrogen-bond donors (Lipinski definition) is 3. The molecule has 0 saturated carbocycles. The Balaban J connectivity index is 1.74. The summed E-state index contributed by atoms with van der Waals surface area (Å²) in [6, 6.07) is 25.1. The second-order valence-electron chi connectivity index (χ2n) is 7.24. The lowest BCUT2D eigenvalue weighted by molar-refractivity contribution is -0.139. The third-order valence-corrected chi connectivity index (χ3v) is 5.31. The SMILES string of the molecule is O=C(NC(C(=O)O)C(Cc1ccccc1)c1c[nH]c2ccccc12)c1ccccc1. The Morgan fingerprint density at radius 2 is 1.50 bits per heavy atom. The van der Waals surface area contributed by atoms with Gasteiger partial charge in [-0.2, -0.15) is 0 Å². The van der Waals surface area contributed by atoms with Gasteiger partial charge in [0.2, 0.25) is 0 Å². The van der Waals surface area contributed by atoms with Gasteiger partial charge in [-0.15, -0.1) is 0 Å². The Morgan fingerprint density at radius 1 is 0.867 bits per heavy atom. The Labute approximate surface area is 174 Å². The monoisotopic (exact) mass is 398 g/mol. The highest BCUT2D eigenvalue weighted by atomic mass is 16.4. The third-order valence-electron chi connectivity index (χ3n) is 5.31. The highest BCUT2D eigenvalue weighted by Gasteiger charge is 2.33. The Morgan fingerprint density at radius 3 is 2.20 bits per heavy atom. The smallest absolute Gasteiger partial charge is 0.326 e. The maximum absolute atomic E-state index is 12.8. The van der Waals surface area contributed by atoms with Gasteiger partial charge in [-0.25, -0.2) is 4.79 Å². The van der Waals surface area contributed by atoms with E-state index < -0.39 is 23.8 Å². The summed E-state index contributed by atoms with van der Waals surface area (Å²) in [5.41, 5.74) is 3.24. The molecule has 1 amide bonds. The van der Waals surface area contributed by atoms with E-state index in [4.69, 9.17) is 0 Å². The van der Waals surface area contributed by atoms with Gasteiger partial charge in [-0.05, 0) is 35.7 Å². The molecule has 0 bridgehead atoms. The lowest BCUT2D eigenvalue weighted by atomic mass is 9.85. The number of carboxylic acid groups (broad SMARTS) is 1. The van der Waals surface area contributed by atoms with Crippen LogP contribution in [0.2, 0.25) is 0 Å². The summed E-state index contributed by atoms with van der Waals surface area (Å²) in [5.74, 6) is -1.92. The van der Waals surface area contributed by atoms with Gasteiger partial charge in [-0.1, -0.05) is 66.7 Å². The number of aliphatic carboxylic acids is 1. The van der Waals surface area contributed by atoms with Gasteiger partial charge < -0.3 is 15.4 Å². The van der Waals surface area contributed by atoms with Crippen LogP contribution in [0.1, 0.15) is 27.4 Å². The molecule has 5 nitrogen and oxygen atoms in total. The van der Waals surface area contributed by atoms with Crippen LogP contribution in [0.5, 0.6) is 0 Å². The van der Waals surface area contributed by atoms with Crippen LogP contribution >= 0.6 is 0 Å². The number of amides is 1. The van der Waals surface area contributed by atoms with Crippen LogP contribution in [0.25, 0.3) is 10.9 Å². The number of benzene rings is 3. The van der Waals surface area contributed by atoms with E-state index in [1.165, 1.54) is 0 Å². The van der Waals surface area contributed by atoms with E-state index in [9.17, 15) is 14.7 Å². The number of rotatable bonds is 7. The first-order chi connectivity index (χ1) is 14.6. The second-order valence-corrected chi connectivity index (χ2v) is 7.24. The Hall–Kier alpha value is -3.86. The molecule has 150 valence electrons. The average Bonchev–Trinajstić information content (AvgIpc) is 3.21. The average molecular weight is 398 g/mol. The molecule has 0 spiro atoms. The van der Waals surface area contributed by atoms with Gasteiger partial charge in [-0.3, -0.25) is 4.79 Å². The first-order valence-electron chi connectivity index (χ1n) is 9.82. The number of nitrogens with one attached hydrogen (secondary N) is 2. The van der Waals surface area contributed by atoms with Crippen molar-refractivity contribution in [2.45, 2.75) is 18.4 Å². The molecule has 0 radical (unpaired) electrons. The van der Waals surface area contributed by atoms with E-state index in [1.54, 1.807) is 24.3 Å². The molecule has 2 atom stereocenters. The third kappa shape index (κ3) is 4.10. The normalized spacial score (nSPS) is 12.9. The summed E-state index contributed by atoms with van der Waals surface area (Å²) < 4.78 is 0. The number of fused-ring (bicyclic) bond motifs is 1. The zero-order chi connectivity index (χ0) is 20.9.